The molecule has 0 aromatic rings. The third-order valence-electron chi connectivity index (χ3n) is 3.96. The summed E-state index contributed by atoms with van der Waals surface area (Å²) in [7, 11) is 0. The molecule has 1 unspecified atom stereocenters. The highest BCUT2D eigenvalue weighted by Crippen LogP contribution is 2.26. The number of nitrogens with one attached hydrogen (secondary N) is 2. The van der Waals surface area contributed by atoms with Gasteiger partial charge in [0, 0.05) is 28.3 Å². The lowest BCUT2D eigenvalue weighted by Crippen LogP contribution is -2.44. The summed E-state index contributed by atoms with van der Waals surface area (Å²) >= 11 is 2.21. The number of amides is 1. The standard InChI is InChI=1S/C16H22IN3O2/c1-3-20(4-2)8-7-18-16(22)14-10-15(21)12-9-11(17)5-6-13(12)19-14/h5,9-10,13,19H,3-4,6-8H2,1-2H3,(H,18,22). The van der Waals surface area contributed by atoms with Crippen LogP contribution in [0.3, 0.4) is 0 Å². The van der Waals surface area contributed by atoms with E-state index in [4.69, 9.17) is 0 Å². The number of carbonyl (C=O) groups excluding carboxylic acids is 2. The van der Waals surface area contributed by atoms with Gasteiger partial charge in [-0.05, 0) is 48.2 Å². The number of allylic oxidation sites excluding steroid dienone is 3. The van der Waals surface area contributed by atoms with Crippen LogP contribution in [0.1, 0.15) is 20.3 Å². The Morgan fingerprint density at radius 2 is 2.14 bits per heavy atom. The van der Waals surface area contributed by atoms with E-state index in [0.29, 0.717) is 12.2 Å². The molecule has 2 rings (SSSR count). The van der Waals surface area contributed by atoms with Crippen LogP contribution in [0.4, 0.5) is 0 Å². The zero-order valence-corrected chi connectivity index (χ0v) is 15.1. The number of rotatable bonds is 6. The van der Waals surface area contributed by atoms with Gasteiger partial charge in [0.05, 0.1) is 6.04 Å². The van der Waals surface area contributed by atoms with Gasteiger partial charge in [0.15, 0.2) is 5.78 Å². The molecule has 0 fully saturated rings. The number of carbonyl (C=O) groups is 2. The fraction of sp³-hybridized carbons (Fsp3) is 0.500. The van der Waals surface area contributed by atoms with Gasteiger partial charge in [-0.15, -0.1) is 0 Å². The zero-order chi connectivity index (χ0) is 16.1. The van der Waals surface area contributed by atoms with Gasteiger partial charge < -0.3 is 15.5 Å². The Morgan fingerprint density at radius 3 is 2.82 bits per heavy atom. The van der Waals surface area contributed by atoms with E-state index < -0.39 is 0 Å². The van der Waals surface area contributed by atoms with Crippen LogP contribution in [0, 0.1) is 0 Å². The van der Waals surface area contributed by atoms with Crippen molar-refractivity contribution >= 4 is 34.3 Å². The highest BCUT2D eigenvalue weighted by atomic mass is 127. The molecule has 1 aliphatic heterocycles. The zero-order valence-electron chi connectivity index (χ0n) is 13.0. The average Bonchev–Trinajstić information content (AvgIpc) is 2.52. The summed E-state index contributed by atoms with van der Waals surface area (Å²) < 4.78 is 1.07. The van der Waals surface area contributed by atoms with Crippen LogP contribution in [0.25, 0.3) is 0 Å². The molecule has 0 spiro atoms. The van der Waals surface area contributed by atoms with E-state index in [1.165, 1.54) is 6.08 Å². The minimum absolute atomic E-state index is 0.0695. The van der Waals surface area contributed by atoms with Crippen molar-refractivity contribution in [3.8, 4) is 0 Å². The summed E-state index contributed by atoms with van der Waals surface area (Å²) in [6.45, 7) is 7.52. The van der Waals surface area contributed by atoms with E-state index in [1.807, 2.05) is 6.08 Å². The Balaban J connectivity index is 1.93. The van der Waals surface area contributed by atoms with E-state index in [-0.39, 0.29) is 17.7 Å². The largest absolute Gasteiger partial charge is 0.373 e. The molecule has 1 heterocycles. The van der Waals surface area contributed by atoms with Crippen LogP contribution in [0.15, 0.2) is 33.1 Å². The molecule has 0 saturated heterocycles. The van der Waals surface area contributed by atoms with Gasteiger partial charge in [0.2, 0.25) is 0 Å². The summed E-state index contributed by atoms with van der Waals surface area (Å²) in [5, 5.41) is 6.05. The molecule has 0 bridgehead atoms. The average molecular weight is 415 g/mol. The molecular weight excluding hydrogens is 393 g/mol. The van der Waals surface area contributed by atoms with Crippen molar-refractivity contribution < 1.29 is 9.59 Å². The maximum Gasteiger partial charge on any atom is 0.267 e. The summed E-state index contributed by atoms with van der Waals surface area (Å²) in [5.74, 6) is -0.274. The maximum atomic E-state index is 12.2. The van der Waals surface area contributed by atoms with Gasteiger partial charge in [0.25, 0.3) is 5.91 Å². The molecule has 5 nitrogen and oxygen atoms in total. The second kappa shape index (κ2) is 7.92. The summed E-state index contributed by atoms with van der Waals surface area (Å²) in [6, 6.07) is -0.0838. The molecule has 0 aromatic heterocycles. The minimum Gasteiger partial charge on any atom is -0.373 e. The van der Waals surface area contributed by atoms with E-state index in [0.717, 1.165) is 35.2 Å². The first-order chi connectivity index (χ1) is 10.5. The van der Waals surface area contributed by atoms with Gasteiger partial charge in [-0.2, -0.15) is 0 Å². The number of nitrogens with zero attached hydrogens (tertiary/aromatic N) is 1. The maximum absolute atomic E-state index is 12.2. The number of ketones is 1. The van der Waals surface area contributed by atoms with Crippen molar-refractivity contribution in [2.75, 3.05) is 26.2 Å². The first kappa shape index (κ1) is 17.2. The minimum atomic E-state index is -0.205. The van der Waals surface area contributed by atoms with Crippen molar-refractivity contribution in [1.82, 2.24) is 15.5 Å². The van der Waals surface area contributed by atoms with Crippen LogP contribution >= 0.6 is 22.6 Å². The first-order valence-corrected chi connectivity index (χ1v) is 8.73. The number of hydrogen-bond acceptors (Lipinski definition) is 4. The van der Waals surface area contributed by atoms with E-state index >= 15 is 0 Å². The smallest absolute Gasteiger partial charge is 0.267 e. The lowest BCUT2D eigenvalue weighted by atomic mass is 9.91. The predicted molar refractivity (Wildman–Crippen MR) is 95.6 cm³/mol. The number of likely N-dealkylation sites (N-methyl/N-ethyl adjacent to an activating group) is 1. The number of fused-ring (bicyclic) bond motifs is 1. The third-order valence-corrected chi connectivity index (χ3v) is 4.71. The van der Waals surface area contributed by atoms with Gasteiger partial charge >= 0.3 is 0 Å². The summed E-state index contributed by atoms with van der Waals surface area (Å²) in [5.41, 5.74) is 1.11. The molecule has 0 saturated carbocycles. The van der Waals surface area contributed by atoms with Crippen molar-refractivity contribution in [3.63, 3.8) is 0 Å². The Hall–Kier alpha value is -1.15. The molecule has 0 aromatic carbocycles. The van der Waals surface area contributed by atoms with Crippen LogP contribution in [0.5, 0.6) is 0 Å². The number of halogens is 1. The first-order valence-electron chi connectivity index (χ1n) is 7.65. The van der Waals surface area contributed by atoms with Gasteiger partial charge in [-0.1, -0.05) is 19.9 Å². The molecule has 1 amide bonds. The lowest BCUT2D eigenvalue weighted by Gasteiger charge is -2.28. The van der Waals surface area contributed by atoms with E-state index in [9.17, 15) is 9.59 Å². The highest BCUT2D eigenvalue weighted by Gasteiger charge is 2.29. The van der Waals surface area contributed by atoms with Crippen molar-refractivity contribution in [3.05, 3.63) is 33.1 Å². The second-order valence-electron chi connectivity index (χ2n) is 5.33. The summed E-state index contributed by atoms with van der Waals surface area (Å²) in [4.78, 5) is 26.6. The fourth-order valence-corrected chi connectivity index (χ4v) is 3.17. The number of hydrogen-bond donors (Lipinski definition) is 2. The molecule has 2 aliphatic rings. The monoisotopic (exact) mass is 415 g/mol. The van der Waals surface area contributed by atoms with Crippen molar-refractivity contribution in [2.45, 2.75) is 26.3 Å². The highest BCUT2D eigenvalue weighted by molar-refractivity contribution is 14.1. The van der Waals surface area contributed by atoms with E-state index in [2.05, 4.69) is 58.0 Å². The van der Waals surface area contributed by atoms with Crippen LogP contribution in [-0.2, 0) is 9.59 Å². The Bertz CT molecular complexity index is 548. The second-order valence-corrected chi connectivity index (χ2v) is 6.57. The van der Waals surface area contributed by atoms with Gasteiger partial charge in [-0.3, -0.25) is 9.59 Å². The molecule has 2 N–H and O–H groups in total. The van der Waals surface area contributed by atoms with Gasteiger partial charge in [-0.25, -0.2) is 0 Å². The topological polar surface area (TPSA) is 61.4 Å². The van der Waals surface area contributed by atoms with Crippen LogP contribution < -0.4 is 10.6 Å². The molecule has 1 atom stereocenters. The molecule has 22 heavy (non-hydrogen) atoms. The normalized spacial score (nSPS) is 20.6. The Labute approximate surface area is 145 Å². The lowest BCUT2D eigenvalue weighted by molar-refractivity contribution is -0.119. The third kappa shape index (κ3) is 4.19. The van der Waals surface area contributed by atoms with E-state index in [1.54, 1.807) is 0 Å². The Morgan fingerprint density at radius 1 is 1.41 bits per heavy atom. The SMILES string of the molecule is CCN(CC)CCNC(=O)C1=CC(=O)C2=CC(I)=CCC2N1. The summed E-state index contributed by atoms with van der Waals surface area (Å²) in [6.07, 6.45) is 6.09. The molecule has 0 radical (unpaired) electrons. The Kier molecular flexibility index (Phi) is 6.19. The van der Waals surface area contributed by atoms with Crippen LogP contribution in [0.2, 0.25) is 0 Å². The molecular formula is C16H22IN3O2. The van der Waals surface area contributed by atoms with Crippen molar-refractivity contribution in [1.29, 1.82) is 0 Å². The van der Waals surface area contributed by atoms with Crippen LogP contribution in [-0.4, -0.2) is 48.8 Å². The molecule has 6 heteroatoms. The van der Waals surface area contributed by atoms with Crippen molar-refractivity contribution in [2.24, 2.45) is 0 Å². The molecule has 1 aliphatic carbocycles. The fourth-order valence-electron chi connectivity index (χ4n) is 2.58. The molecule has 120 valence electrons. The predicted octanol–water partition coefficient (Wildman–Crippen LogP) is 1.52. The van der Waals surface area contributed by atoms with Gasteiger partial charge in [0.1, 0.15) is 5.70 Å². The quantitative estimate of drug-likeness (QED) is 0.646.